The van der Waals surface area contributed by atoms with Crippen LogP contribution in [0.15, 0.2) is 50.7 Å². The van der Waals surface area contributed by atoms with Gasteiger partial charge >= 0.3 is 0 Å². The number of nitro benzene ring substituents is 1. The molecule has 1 fully saturated rings. The van der Waals surface area contributed by atoms with Gasteiger partial charge in [-0.15, -0.1) is 0 Å². The van der Waals surface area contributed by atoms with E-state index < -0.39 is 4.92 Å². The van der Waals surface area contributed by atoms with E-state index in [1.165, 1.54) is 19.2 Å². The molecule has 1 saturated heterocycles. The molecular formula is C22H23NO6. The molecule has 0 saturated carbocycles. The van der Waals surface area contributed by atoms with Crippen molar-refractivity contribution in [1.29, 1.82) is 0 Å². The zero-order valence-electron chi connectivity index (χ0n) is 16.9. The molecule has 0 spiro atoms. The molecule has 1 aromatic heterocycles. The summed E-state index contributed by atoms with van der Waals surface area (Å²) in [5.74, 6) is 0.712. The number of methoxy groups -OCH3 is 1. The Bertz CT molecular complexity index is 1050. The lowest BCUT2D eigenvalue weighted by Crippen LogP contribution is -2.15. The second-order valence-electron chi connectivity index (χ2n) is 7.08. The highest BCUT2D eigenvalue weighted by atomic mass is 16.6. The smallest absolute Gasteiger partial charge is 0.291 e. The highest BCUT2D eigenvalue weighted by molar-refractivity contribution is 5.57. The average molecular weight is 397 g/mol. The van der Waals surface area contributed by atoms with E-state index in [0.717, 1.165) is 16.7 Å². The van der Waals surface area contributed by atoms with Crippen molar-refractivity contribution in [3.8, 4) is 5.95 Å². The first-order chi connectivity index (χ1) is 13.8. The van der Waals surface area contributed by atoms with E-state index in [-0.39, 0.29) is 23.2 Å². The maximum atomic E-state index is 12.4. The molecule has 0 bridgehead atoms. The SMILES string of the molecule is COc1oc([C@H]2C/C(=C\C(C)=C\c3ccc([N+](=O)[O-])cc3)CO2)c(C)c(=O)c1C. The van der Waals surface area contributed by atoms with Crippen molar-refractivity contribution >= 4 is 11.8 Å². The number of ether oxygens (including phenoxy) is 2. The lowest BCUT2D eigenvalue weighted by atomic mass is 10.0. The minimum Gasteiger partial charge on any atom is -0.468 e. The van der Waals surface area contributed by atoms with E-state index >= 15 is 0 Å². The molecule has 0 N–H and O–H groups in total. The van der Waals surface area contributed by atoms with Gasteiger partial charge in [-0.1, -0.05) is 17.7 Å². The van der Waals surface area contributed by atoms with E-state index in [1.807, 2.05) is 19.1 Å². The van der Waals surface area contributed by atoms with E-state index in [1.54, 1.807) is 26.0 Å². The first-order valence-corrected chi connectivity index (χ1v) is 9.22. The molecule has 0 unspecified atom stereocenters. The van der Waals surface area contributed by atoms with E-state index in [0.29, 0.717) is 29.9 Å². The molecule has 152 valence electrons. The predicted molar refractivity (Wildman–Crippen MR) is 109 cm³/mol. The summed E-state index contributed by atoms with van der Waals surface area (Å²) < 4.78 is 16.8. The normalized spacial score (nSPS) is 18.3. The largest absolute Gasteiger partial charge is 0.468 e. The van der Waals surface area contributed by atoms with E-state index in [4.69, 9.17) is 13.9 Å². The van der Waals surface area contributed by atoms with Crippen LogP contribution in [-0.4, -0.2) is 18.6 Å². The van der Waals surface area contributed by atoms with Crippen LogP contribution in [-0.2, 0) is 4.74 Å². The van der Waals surface area contributed by atoms with Gasteiger partial charge in [0.15, 0.2) is 5.43 Å². The van der Waals surface area contributed by atoms with Crippen molar-refractivity contribution in [2.45, 2.75) is 33.3 Å². The van der Waals surface area contributed by atoms with Crippen LogP contribution in [0.25, 0.3) is 6.08 Å². The van der Waals surface area contributed by atoms with Crippen molar-refractivity contribution < 1.29 is 18.8 Å². The van der Waals surface area contributed by atoms with Crippen LogP contribution in [0.3, 0.4) is 0 Å². The number of non-ortho nitro benzene ring substituents is 1. The molecule has 1 aromatic carbocycles. The molecule has 2 aromatic rings. The van der Waals surface area contributed by atoms with Crippen LogP contribution in [0.2, 0.25) is 0 Å². The molecule has 0 radical (unpaired) electrons. The molecule has 7 nitrogen and oxygen atoms in total. The first kappa shape index (κ1) is 20.5. The van der Waals surface area contributed by atoms with Crippen molar-refractivity contribution in [1.82, 2.24) is 0 Å². The number of rotatable bonds is 5. The van der Waals surface area contributed by atoms with Crippen LogP contribution in [0.5, 0.6) is 5.95 Å². The molecule has 3 rings (SSSR count). The number of hydrogen-bond donors (Lipinski definition) is 0. The molecule has 1 aliphatic heterocycles. The van der Waals surface area contributed by atoms with E-state index in [2.05, 4.69) is 0 Å². The van der Waals surface area contributed by atoms with Crippen LogP contribution in [0, 0.1) is 24.0 Å². The maximum Gasteiger partial charge on any atom is 0.291 e. The van der Waals surface area contributed by atoms with Crippen molar-refractivity contribution in [2.75, 3.05) is 13.7 Å². The first-order valence-electron chi connectivity index (χ1n) is 9.22. The summed E-state index contributed by atoms with van der Waals surface area (Å²) in [6.45, 7) is 5.81. The zero-order valence-corrected chi connectivity index (χ0v) is 16.9. The van der Waals surface area contributed by atoms with Gasteiger partial charge in [0.1, 0.15) is 11.9 Å². The van der Waals surface area contributed by atoms with E-state index in [9.17, 15) is 14.9 Å². The lowest BCUT2D eigenvalue weighted by molar-refractivity contribution is -0.384. The van der Waals surface area contributed by atoms with Gasteiger partial charge in [0.25, 0.3) is 11.6 Å². The Morgan fingerprint density at radius 1 is 1.24 bits per heavy atom. The molecule has 1 aliphatic rings. The van der Waals surface area contributed by atoms with Gasteiger partial charge in [0, 0.05) is 24.1 Å². The highest BCUT2D eigenvalue weighted by Crippen LogP contribution is 2.35. The summed E-state index contributed by atoms with van der Waals surface area (Å²) in [4.78, 5) is 22.7. The number of allylic oxidation sites excluding steroid dienone is 2. The summed E-state index contributed by atoms with van der Waals surface area (Å²) >= 11 is 0. The van der Waals surface area contributed by atoms with Crippen LogP contribution in [0.4, 0.5) is 5.69 Å². The van der Waals surface area contributed by atoms with Gasteiger partial charge in [0.2, 0.25) is 0 Å². The fraction of sp³-hybridized carbons (Fsp3) is 0.318. The van der Waals surface area contributed by atoms with Gasteiger partial charge in [-0.3, -0.25) is 14.9 Å². The Morgan fingerprint density at radius 3 is 2.55 bits per heavy atom. The fourth-order valence-electron chi connectivity index (χ4n) is 3.39. The van der Waals surface area contributed by atoms with Crippen LogP contribution < -0.4 is 10.2 Å². The molecule has 29 heavy (non-hydrogen) atoms. The molecular weight excluding hydrogens is 374 g/mol. The quantitative estimate of drug-likeness (QED) is 0.538. The summed E-state index contributed by atoms with van der Waals surface area (Å²) in [5, 5.41) is 10.7. The average Bonchev–Trinajstić information content (AvgIpc) is 3.14. The van der Waals surface area contributed by atoms with Crippen LogP contribution in [0.1, 0.15) is 41.9 Å². The van der Waals surface area contributed by atoms with Gasteiger partial charge in [0.05, 0.1) is 24.2 Å². The van der Waals surface area contributed by atoms with Gasteiger partial charge in [-0.05, 0) is 44.0 Å². The molecule has 1 atom stereocenters. The van der Waals surface area contributed by atoms with Gasteiger partial charge in [-0.2, -0.15) is 0 Å². The molecule has 7 heteroatoms. The minimum atomic E-state index is -0.418. The predicted octanol–water partition coefficient (Wildman–Crippen LogP) is 4.66. The van der Waals surface area contributed by atoms with Crippen molar-refractivity contribution in [3.05, 3.63) is 84.3 Å². The topological polar surface area (TPSA) is 91.8 Å². The second-order valence-corrected chi connectivity index (χ2v) is 7.08. The standard InChI is InChI=1S/C22H23NO6/c1-13(9-16-5-7-18(8-6-16)23(25)26)10-17-11-19(28-12-17)21-14(2)20(24)15(3)22(27-4)29-21/h5-10,19H,11-12H2,1-4H3/b13-9+,17-10+/t19-/m1/s1. The summed E-state index contributed by atoms with van der Waals surface area (Å²) in [5.41, 5.74) is 3.90. The number of hydrogen-bond acceptors (Lipinski definition) is 6. The number of nitro groups is 1. The number of benzene rings is 1. The Labute approximate surface area is 168 Å². The minimum absolute atomic E-state index is 0.0654. The third-order valence-corrected chi connectivity index (χ3v) is 4.88. The van der Waals surface area contributed by atoms with Crippen molar-refractivity contribution in [2.24, 2.45) is 0 Å². The molecule has 0 aliphatic carbocycles. The fourth-order valence-corrected chi connectivity index (χ4v) is 3.39. The second kappa shape index (κ2) is 8.45. The highest BCUT2D eigenvalue weighted by Gasteiger charge is 2.28. The summed E-state index contributed by atoms with van der Waals surface area (Å²) in [7, 11) is 1.47. The van der Waals surface area contributed by atoms with Gasteiger partial charge in [-0.25, -0.2) is 0 Å². The third-order valence-electron chi connectivity index (χ3n) is 4.88. The summed E-state index contributed by atoms with van der Waals surface area (Å²) in [6.07, 6.45) is 4.25. The summed E-state index contributed by atoms with van der Waals surface area (Å²) in [6, 6.07) is 6.39. The van der Waals surface area contributed by atoms with Gasteiger partial charge < -0.3 is 13.9 Å². The maximum absolute atomic E-state index is 12.4. The molecule has 2 heterocycles. The Morgan fingerprint density at radius 2 is 1.93 bits per heavy atom. The monoisotopic (exact) mass is 397 g/mol. The zero-order chi connectivity index (χ0) is 21.1. The van der Waals surface area contributed by atoms with Crippen LogP contribution >= 0.6 is 0 Å². The Kier molecular flexibility index (Phi) is 5.98. The Balaban J connectivity index is 1.78. The third kappa shape index (κ3) is 4.46. The molecule has 0 amide bonds. The number of nitrogens with zero attached hydrogens (tertiary/aromatic N) is 1. The Hall–Kier alpha value is -3.19. The van der Waals surface area contributed by atoms with Crippen molar-refractivity contribution in [3.63, 3.8) is 0 Å². The lowest BCUT2D eigenvalue weighted by Gasteiger charge is -2.13.